The van der Waals surface area contributed by atoms with Crippen LogP contribution in [0.3, 0.4) is 0 Å². The first-order valence-electron chi connectivity index (χ1n) is 7.54. The van der Waals surface area contributed by atoms with Crippen molar-refractivity contribution in [3.05, 3.63) is 34.4 Å². The summed E-state index contributed by atoms with van der Waals surface area (Å²) in [4.78, 5) is 21.8. The summed E-state index contributed by atoms with van der Waals surface area (Å²) in [7, 11) is -3.86. The summed E-state index contributed by atoms with van der Waals surface area (Å²) in [6.45, 7) is 3.62. The number of amides is 1. The minimum absolute atomic E-state index is 0.00635. The molecule has 1 atom stereocenters. The van der Waals surface area contributed by atoms with Gasteiger partial charge in [0.2, 0.25) is 15.9 Å². The SMILES string of the molecule is CC(C(=O)NCCNS(=O)(=O)c1cccc([N+](=O)[O-])c1)C1CNC1. The average Bonchev–Trinajstić information content (AvgIpc) is 2.49. The molecule has 0 saturated carbocycles. The highest BCUT2D eigenvalue weighted by Crippen LogP contribution is 2.17. The van der Waals surface area contributed by atoms with Crippen LogP contribution in [0.15, 0.2) is 29.2 Å². The summed E-state index contributed by atoms with van der Waals surface area (Å²) in [5.41, 5.74) is -0.297. The van der Waals surface area contributed by atoms with Gasteiger partial charge in [0.15, 0.2) is 0 Å². The number of hydrogen-bond acceptors (Lipinski definition) is 6. The maximum atomic E-state index is 12.1. The Bertz CT molecular complexity index is 718. The molecule has 1 aromatic rings. The molecule has 0 aromatic heterocycles. The molecule has 132 valence electrons. The van der Waals surface area contributed by atoms with E-state index >= 15 is 0 Å². The number of non-ortho nitro benzene ring substituents is 1. The fourth-order valence-electron chi connectivity index (χ4n) is 2.26. The lowest BCUT2D eigenvalue weighted by molar-refractivity contribution is -0.385. The lowest BCUT2D eigenvalue weighted by Gasteiger charge is -2.31. The van der Waals surface area contributed by atoms with Crippen LogP contribution in [-0.2, 0) is 14.8 Å². The summed E-state index contributed by atoms with van der Waals surface area (Å²) in [6.07, 6.45) is 0. The molecule has 1 aliphatic heterocycles. The Balaban J connectivity index is 1.83. The number of carbonyl (C=O) groups excluding carboxylic acids is 1. The molecule has 1 saturated heterocycles. The van der Waals surface area contributed by atoms with Crippen LogP contribution in [0.2, 0.25) is 0 Å². The van der Waals surface area contributed by atoms with Gasteiger partial charge in [0.25, 0.3) is 5.69 Å². The summed E-state index contributed by atoms with van der Waals surface area (Å²) >= 11 is 0. The summed E-state index contributed by atoms with van der Waals surface area (Å²) in [5, 5.41) is 16.5. The van der Waals surface area contributed by atoms with Gasteiger partial charge in [-0.1, -0.05) is 13.0 Å². The summed E-state index contributed by atoms with van der Waals surface area (Å²) in [6, 6.07) is 4.80. The Morgan fingerprint density at radius 1 is 1.42 bits per heavy atom. The minimum Gasteiger partial charge on any atom is -0.355 e. The second-order valence-electron chi connectivity index (χ2n) is 5.65. The molecule has 24 heavy (non-hydrogen) atoms. The van der Waals surface area contributed by atoms with E-state index in [9.17, 15) is 23.3 Å². The zero-order valence-corrected chi connectivity index (χ0v) is 14.0. The Kier molecular flexibility index (Phi) is 5.86. The maximum absolute atomic E-state index is 12.1. The summed E-state index contributed by atoms with van der Waals surface area (Å²) in [5.74, 6) is 0.0715. The van der Waals surface area contributed by atoms with E-state index < -0.39 is 14.9 Å². The third kappa shape index (κ3) is 4.49. The van der Waals surface area contributed by atoms with Crippen LogP contribution in [0.25, 0.3) is 0 Å². The van der Waals surface area contributed by atoms with Gasteiger partial charge in [0.05, 0.1) is 9.82 Å². The van der Waals surface area contributed by atoms with Gasteiger partial charge in [-0.3, -0.25) is 14.9 Å². The molecule has 0 spiro atoms. The lowest BCUT2D eigenvalue weighted by Crippen LogP contribution is -2.50. The number of benzene rings is 1. The number of nitro benzene ring substituents is 1. The van der Waals surface area contributed by atoms with Gasteiger partial charge in [0.1, 0.15) is 0 Å². The fourth-order valence-corrected chi connectivity index (χ4v) is 3.33. The standard InChI is InChI=1S/C14H20N4O5S/c1-10(11-8-15-9-11)14(19)16-5-6-17-24(22,23)13-4-2-3-12(7-13)18(20)21/h2-4,7,10-11,15,17H,5-6,8-9H2,1H3,(H,16,19). The molecule has 1 aliphatic rings. The number of hydrogen-bond donors (Lipinski definition) is 3. The first-order valence-corrected chi connectivity index (χ1v) is 9.02. The molecule has 0 radical (unpaired) electrons. The van der Waals surface area contributed by atoms with E-state index in [4.69, 9.17) is 0 Å². The van der Waals surface area contributed by atoms with Crippen molar-refractivity contribution in [1.29, 1.82) is 0 Å². The van der Waals surface area contributed by atoms with E-state index in [1.54, 1.807) is 0 Å². The van der Waals surface area contributed by atoms with E-state index in [0.29, 0.717) is 5.92 Å². The predicted molar refractivity (Wildman–Crippen MR) is 86.8 cm³/mol. The highest BCUT2D eigenvalue weighted by Gasteiger charge is 2.28. The van der Waals surface area contributed by atoms with Crippen LogP contribution in [-0.4, -0.2) is 45.4 Å². The zero-order chi connectivity index (χ0) is 17.7. The van der Waals surface area contributed by atoms with Crippen LogP contribution < -0.4 is 15.4 Å². The van der Waals surface area contributed by atoms with Crippen LogP contribution >= 0.6 is 0 Å². The van der Waals surface area contributed by atoms with E-state index in [-0.39, 0.29) is 35.5 Å². The topological polar surface area (TPSA) is 130 Å². The van der Waals surface area contributed by atoms with Crippen molar-refractivity contribution >= 4 is 21.6 Å². The normalized spacial score (nSPS) is 16.2. The van der Waals surface area contributed by atoms with Crippen molar-refractivity contribution in [1.82, 2.24) is 15.4 Å². The Morgan fingerprint density at radius 3 is 2.71 bits per heavy atom. The lowest BCUT2D eigenvalue weighted by atomic mass is 9.88. The molecule has 3 N–H and O–H groups in total. The van der Waals surface area contributed by atoms with Gasteiger partial charge in [-0.25, -0.2) is 13.1 Å². The largest absolute Gasteiger partial charge is 0.355 e. The highest BCUT2D eigenvalue weighted by atomic mass is 32.2. The van der Waals surface area contributed by atoms with E-state index in [1.165, 1.54) is 18.2 Å². The fraction of sp³-hybridized carbons (Fsp3) is 0.500. The van der Waals surface area contributed by atoms with Gasteiger partial charge >= 0.3 is 0 Å². The monoisotopic (exact) mass is 356 g/mol. The third-order valence-electron chi connectivity index (χ3n) is 3.99. The Hall–Kier alpha value is -2.04. The van der Waals surface area contributed by atoms with Crippen molar-refractivity contribution in [2.45, 2.75) is 11.8 Å². The second-order valence-corrected chi connectivity index (χ2v) is 7.42. The number of rotatable bonds is 8. The van der Waals surface area contributed by atoms with Gasteiger partial charge in [-0.05, 0) is 25.1 Å². The van der Waals surface area contributed by atoms with Crippen LogP contribution in [0, 0.1) is 22.0 Å². The second kappa shape index (κ2) is 7.69. The van der Waals surface area contributed by atoms with E-state index in [2.05, 4.69) is 15.4 Å². The molecule has 1 unspecified atom stereocenters. The quantitative estimate of drug-likeness (QED) is 0.337. The van der Waals surface area contributed by atoms with Gasteiger partial charge in [-0.15, -0.1) is 0 Å². The van der Waals surface area contributed by atoms with Crippen molar-refractivity contribution < 1.29 is 18.1 Å². The number of nitrogens with one attached hydrogen (secondary N) is 3. The smallest absolute Gasteiger partial charge is 0.270 e. The van der Waals surface area contributed by atoms with Crippen molar-refractivity contribution in [3.63, 3.8) is 0 Å². The number of sulfonamides is 1. The predicted octanol–water partition coefficient (Wildman–Crippen LogP) is -0.155. The first-order chi connectivity index (χ1) is 11.3. The molecule has 1 aromatic carbocycles. The molecule has 10 heteroatoms. The average molecular weight is 356 g/mol. The third-order valence-corrected chi connectivity index (χ3v) is 5.45. The highest BCUT2D eigenvalue weighted by molar-refractivity contribution is 7.89. The van der Waals surface area contributed by atoms with Crippen LogP contribution in [0.5, 0.6) is 0 Å². The van der Waals surface area contributed by atoms with Gasteiger partial charge in [-0.2, -0.15) is 0 Å². The van der Waals surface area contributed by atoms with E-state index in [1.807, 2.05) is 6.92 Å². The van der Waals surface area contributed by atoms with Crippen LogP contribution in [0.4, 0.5) is 5.69 Å². The Labute approximate surface area is 140 Å². The van der Waals surface area contributed by atoms with Crippen molar-refractivity contribution in [2.75, 3.05) is 26.2 Å². The van der Waals surface area contributed by atoms with Crippen molar-refractivity contribution in [2.24, 2.45) is 11.8 Å². The molecule has 0 aliphatic carbocycles. The number of nitrogens with zero attached hydrogens (tertiary/aromatic N) is 1. The zero-order valence-electron chi connectivity index (χ0n) is 13.2. The van der Waals surface area contributed by atoms with E-state index in [0.717, 1.165) is 19.2 Å². The molecular formula is C14H20N4O5S. The molecule has 0 bridgehead atoms. The number of carbonyl (C=O) groups is 1. The number of nitro groups is 1. The van der Waals surface area contributed by atoms with Crippen LogP contribution in [0.1, 0.15) is 6.92 Å². The molecule has 1 heterocycles. The molecule has 9 nitrogen and oxygen atoms in total. The molecular weight excluding hydrogens is 336 g/mol. The van der Waals surface area contributed by atoms with Gasteiger partial charge < -0.3 is 10.6 Å². The minimum atomic E-state index is -3.86. The molecule has 1 amide bonds. The maximum Gasteiger partial charge on any atom is 0.270 e. The Morgan fingerprint density at radius 2 is 2.12 bits per heavy atom. The molecule has 1 fully saturated rings. The molecule has 2 rings (SSSR count). The van der Waals surface area contributed by atoms with Gasteiger partial charge in [0, 0.05) is 31.1 Å². The van der Waals surface area contributed by atoms with Crippen molar-refractivity contribution in [3.8, 4) is 0 Å². The first kappa shape index (κ1) is 18.3. The summed E-state index contributed by atoms with van der Waals surface area (Å²) < 4.78 is 26.5.